The Hall–Kier alpha value is -2.03. The van der Waals surface area contributed by atoms with Gasteiger partial charge in [0.1, 0.15) is 0 Å². The molecule has 0 aliphatic carbocycles. The van der Waals surface area contributed by atoms with Crippen LogP contribution in [0.1, 0.15) is 11.1 Å². The van der Waals surface area contributed by atoms with Gasteiger partial charge in [0.2, 0.25) is 10.0 Å². The van der Waals surface area contributed by atoms with E-state index in [1.54, 1.807) is 0 Å². The highest BCUT2D eigenvalue weighted by Gasteiger charge is 2.19. The zero-order valence-electron chi connectivity index (χ0n) is 14.3. The molecule has 0 aliphatic heterocycles. The number of nitrogens with zero attached hydrogens (tertiary/aromatic N) is 2. The number of nitrogens with one attached hydrogen (secondary N) is 1. The molecule has 0 saturated carbocycles. The van der Waals surface area contributed by atoms with Gasteiger partial charge in [-0.25, -0.2) is 13.8 Å². The Labute approximate surface area is 162 Å². The lowest BCUT2D eigenvalue weighted by Crippen LogP contribution is -2.40. The van der Waals surface area contributed by atoms with Crippen LogP contribution < -0.4 is 5.43 Å². The minimum atomic E-state index is -3.50. The van der Waals surface area contributed by atoms with Crippen LogP contribution in [0.4, 0.5) is 0 Å². The van der Waals surface area contributed by atoms with E-state index >= 15 is 0 Å². The van der Waals surface area contributed by atoms with Crippen molar-refractivity contribution in [3.05, 3.63) is 70.2 Å². The lowest BCUT2D eigenvalue weighted by molar-refractivity contribution is -0.121. The van der Waals surface area contributed by atoms with Crippen LogP contribution in [0, 0.1) is 0 Å². The molecule has 0 aliphatic rings. The van der Waals surface area contributed by atoms with Gasteiger partial charge in [0.15, 0.2) is 0 Å². The summed E-state index contributed by atoms with van der Waals surface area (Å²) in [5.74, 6) is -0.489. The maximum Gasteiger partial charge on any atom is 0.255 e. The fourth-order valence-electron chi connectivity index (χ4n) is 2.18. The molecule has 0 fully saturated rings. The van der Waals surface area contributed by atoms with E-state index in [4.69, 9.17) is 0 Å². The van der Waals surface area contributed by atoms with Crippen LogP contribution in [0.3, 0.4) is 0 Å². The largest absolute Gasteiger partial charge is 0.272 e. The average molecular weight is 438 g/mol. The lowest BCUT2D eigenvalue weighted by atomic mass is 10.1. The molecule has 1 N–H and O–H groups in total. The number of hydrazone groups is 1. The summed E-state index contributed by atoms with van der Waals surface area (Å²) >= 11 is 3.34. The van der Waals surface area contributed by atoms with E-state index in [0.29, 0.717) is 6.42 Å². The van der Waals surface area contributed by atoms with Crippen LogP contribution in [0.25, 0.3) is 0 Å². The van der Waals surface area contributed by atoms with Crippen LogP contribution in [0.5, 0.6) is 0 Å². The van der Waals surface area contributed by atoms with Gasteiger partial charge in [0.05, 0.1) is 19.0 Å². The second-order valence-electron chi connectivity index (χ2n) is 5.68. The van der Waals surface area contributed by atoms with E-state index in [-0.39, 0.29) is 13.1 Å². The summed E-state index contributed by atoms with van der Waals surface area (Å²) in [6, 6.07) is 16.9. The Morgan fingerprint density at radius 1 is 1.15 bits per heavy atom. The second-order valence-corrected chi connectivity index (χ2v) is 8.57. The average Bonchev–Trinajstić information content (AvgIpc) is 2.60. The van der Waals surface area contributed by atoms with E-state index in [9.17, 15) is 13.2 Å². The highest BCUT2D eigenvalue weighted by molar-refractivity contribution is 9.10. The first kappa shape index (κ1) is 20.3. The molecule has 2 rings (SSSR count). The standard InChI is InChI=1S/C18H20BrN3O3S/c1-26(24,25)22(12-11-15-5-3-2-4-6-15)14-18(23)21-20-13-16-7-9-17(19)10-8-16/h2-10,13H,11-12,14H2,1H3,(H,21,23)/b20-13+. The van der Waals surface area contributed by atoms with Gasteiger partial charge in [-0.2, -0.15) is 9.41 Å². The Bertz CT molecular complexity index is 853. The van der Waals surface area contributed by atoms with Gasteiger partial charge >= 0.3 is 0 Å². The van der Waals surface area contributed by atoms with E-state index in [2.05, 4.69) is 26.5 Å². The summed E-state index contributed by atoms with van der Waals surface area (Å²) in [6.45, 7) is -0.0456. The molecule has 138 valence electrons. The van der Waals surface area contributed by atoms with Gasteiger partial charge in [0.25, 0.3) is 5.91 Å². The zero-order valence-corrected chi connectivity index (χ0v) is 16.7. The molecule has 0 heterocycles. The highest BCUT2D eigenvalue weighted by atomic mass is 79.9. The summed E-state index contributed by atoms with van der Waals surface area (Å²) in [5.41, 5.74) is 4.19. The molecule has 1 amide bonds. The third-order valence-electron chi connectivity index (χ3n) is 3.55. The Morgan fingerprint density at radius 3 is 2.42 bits per heavy atom. The smallest absolute Gasteiger partial charge is 0.255 e. The van der Waals surface area contributed by atoms with Gasteiger partial charge < -0.3 is 0 Å². The summed E-state index contributed by atoms with van der Waals surface area (Å²) < 4.78 is 25.9. The van der Waals surface area contributed by atoms with E-state index in [1.807, 2.05) is 54.6 Å². The molecule has 0 spiro atoms. The monoisotopic (exact) mass is 437 g/mol. The fraction of sp³-hybridized carbons (Fsp3) is 0.222. The predicted molar refractivity (Wildman–Crippen MR) is 106 cm³/mol. The van der Waals surface area contributed by atoms with Crippen molar-refractivity contribution in [1.82, 2.24) is 9.73 Å². The fourth-order valence-corrected chi connectivity index (χ4v) is 3.22. The Balaban J connectivity index is 1.90. The summed E-state index contributed by atoms with van der Waals surface area (Å²) in [5, 5.41) is 3.86. The SMILES string of the molecule is CS(=O)(=O)N(CCc1ccccc1)CC(=O)N/N=C/c1ccc(Br)cc1. The second kappa shape index (κ2) is 9.61. The molecule has 0 bridgehead atoms. The minimum Gasteiger partial charge on any atom is -0.272 e. The van der Waals surface area contributed by atoms with Gasteiger partial charge in [-0.15, -0.1) is 0 Å². The summed E-state index contributed by atoms with van der Waals surface area (Å²) in [4.78, 5) is 12.0. The molecule has 8 heteroatoms. The van der Waals surface area contributed by atoms with Gasteiger partial charge in [-0.05, 0) is 29.7 Å². The Morgan fingerprint density at radius 2 is 1.81 bits per heavy atom. The van der Waals surface area contributed by atoms with Crippen LogP contribution in [0.15, 0.2) is 64.2 Å². The molecule has 2 aromatic rings. The maximum atomic E-state index is 12.0. The van der Waals surface area contributed by atoms with Crippen molar-refractivity contribution in [2.75, 3.05) is 19.3 Å². The normalized spacial score (nSPS) is 11.8. The molecule has 0 unspecified atom stereocenters. The molecule has 0 aromatic heterocycles. The van der Waals surface area contributed by atoms with Crippen LogP contribution in [-0.4, -0.2) is 44.2 Å². The van der Waals surface area contributed by atoms with Crippen LogP contribution in [-0.2, 0) is 21.2 Å². The molecule has 6 nitrogen and oxygen atoms in total. The number of rotatable bonds is 8. The third-order valence-corrected chi connectivity index (χ3v) is 5.33. The lowest BCUT2D eigenvalue weighted by Gasteiger charge is -2.18. The molecule has 2 aromatic carbocycles. The van der Waals surface area contributed by atoms with Gasteiger partial charge in [0, 0.05) is 11.0 Å². The highest BCUT2D eigenvalue weighted by Crippen LogP contribution is 2.09. The Kier molecular flexibility index (Phi) is 7.50. The topological polar surface area (TPSA) is 78.8 Å². The third kappa shape index (κ3) is 7.07. The molecule has 26 heavy (non-hydrogen) atoms. The van der Waals surface area contributed by atoms with E-state index in [0.717, 1.165) is 26.2 Å². The van der Waals surface area contributed by atoms with Gasteiger partial charge in [-0.1, -0.05) is 58.4 Å². The molecular weight excluding hydrogens is 418 g/mol. The number of benzene rings is 2. The van der Waals surface area contributed by atoms with E-state index < -0.39 is 15.9 Å². The van der Waals surface area contributed by atoms with E-state index in [1.165, 1.54) is 6.21 Å². The van der Waals surface area contributed by atoms with Crippen molar-refractivity contribution >= 4 is 38.1 Å². The van der Waals surface area contributed by atoms with Gasteiger partial charge in [-0.3, -0.25) is 4.79 Å². The maximum absolute atomic E-state index is 12.0. The predicted octanol–water partition coefficient (Wildman–Crippen LogP) is 2.40. The molecule has 0 atom stereocenters. The summed E-state index contributed by atoms with van der Waals surface area (Å²) in [7, 11) is -3.50. The molecule has 0 saturated heterocycles. The van der Waals surface area contributed by atoms with Crippen molar-refractivity contribution < 1.29 is 13.2 Å². The van der Waals surface area contributed by atoms with Crippen LogP contribution in [0.2, 0.25) is 0 Å². The number of hydrogen-bond donors (Lipinski definition) is 1. The van der Waals surface area contributed by atoms with Crippen molar-refractivity contribution in [1.29, 1.82) is 0 Å². The van der Waals surface area contributed by atoms with Crippen molar-refractivity contribution in [3.8, 4) is 0 Å². The van der Waals surface area contributed by atoms with Crippen molar-refractivity contribution in [3.63, 3.8) is 0 Å². The molecular formula is C18H20BrN3O3S. The minimum absolute atomic E-state index is 0.229. The summed E-state index contributed by atoms with van der Waals surface area (Å²) in [6.07, 6.45) is 3.12. The first-order valence-corrected chi connectivity index (χ1v) is 10.6. The number of amides is 1. The number of halogens is 1. The number of hydrogen-bond acceptors (Lipinski definition) is 4. The van der Waals surface area contributed by atoms with Crippen molar-refractivity contribution in [2.24, 2.45) is 5.10 Å². The first-order valence-electron chi connectivity index (χ1n) is 7.91. The zero-order chi connectivity index (χ0) is 19.0. The number of carbonyl (C=O) groups is 1. The molecule has 0 radical (unpaired) electrons. The number of carbonyl (C=O) groups excluding carboxylic acids is 1. The quantitative estimate of drug-likeness (QED) is 0.508. The first-order chi connectivity index (χ1) is 12.3. The van der Waals surface area contributed by atoms with Crippen molar-refractivity contribution in [2.45, 2.75) is 6.42 Å². The van der Waals surface area contributed by atoms with Crippen LogP contribution >= 0.6 is 15.9 Å². The number of sulfonamides is 1.